The van der Waals surface area contributed by atoms with Crippen LogP contribution in [0.15, 0.2) is 23.1 Å². The maximum Gasteiger partial charge on any atom is 0.244 e. The Morgan fingerprint density at radius 2 is 2.00 bits per heavy atom. The van der Waals surface area contributed by atoms with Crippen LogP contribution in [0.5, 0.6) is 5.75 Å². The zero-order valence-electron chi connectivity index (χ0n) is 11.0. The van der Waals surface area contributed by atoms with E-state index in [-0.39, 0.29) is 23.1 Å². The number of nitrogens with one attached hydrogen (secondary N) is 1. The third kappa shape index (κ3) is 5.54. The highest BCUT2D eigenvalue weighted by Gasteiger charge is 2.19. The molecule has 1 N–H and O–H groups in total. The quantitative estimate of drug-likeness (QED) is 0.861. The first kappa shape index (κ1) is 18.5. The molecular weight excluding hydrogens is 311 g/mol. The van der Waals surface area contributed by atoms with Crippen LogP contribution in [0.1, 0.15) is 0 Å². The van der Waals surface area contributed by atoms with Crippen LogP contribution in [0.2, 0.25) is 5.02 Å². The molecule has 1 aromatic rings. The number of likely N-dealkylation sites (N-methyl/N-ethyl adjacent to an activating group) is 1. The molecule has 0 aliphatic heterocycles. The molecule has 0 saturated carbocycles. The molecule has 0 atom stereocenters. The lowest BCUT2D eigenvalue weighted by atomic mass is 10.3. The highest BCUT2D eigenvalue weighted by molar-refractivity contribution is 7.89. The van der Waals surface area contributed by atoms with Gasteiger partial charge in [0.1, 0.15) is 10.6 Å². The number of hydrogen-bond donors (Lipinski definition) is 1. The predicted octanol–water partition coefficient (Wildman–Crippen LogP) is 1.61. The molecule has 0 aliphatic carbocycles. The van der Waals surface area contributed by atoms with Gasteiger partial charge in [0.15, 0.2) is 0 Å². The second-order valence-electron chi connectivity index (χ2n) is 4.00. The Morgan fingerprint density at radius 1 is 1.37 bits per heavy atom. The van der Waals surface area contributed by atoms with Crippen molar-refractivity contribution in [2.75, 3.05) is 34.3 Å². The first-order chi connectivity index (χ1) is 8.36. The van der Waals surface area contributed by atoms with Crippen LogP contribution in [-0.4, -0.2) is 47.6 Å². The van der Waals surface area contributed by atoms with E-state index < -0.39 is 10.0 Å². The van der Waals surface area contributed by atoms with Gasteiger partial charge in [0.2, 0.25) is 10.0 Å². The van der Waals surface area contributed by atoms with Gasteiger partial charge in [-0.1, -0.05) is 11.6 Å². The fourth-order valence-corrected chi connectivity index (χ4v) is 2.79. The smallest absolute Gasteiger partial charge is 0.244 e. The molecule has 5 nitrogen and oxygen atoms in total. The van der Waals surface area contributed by atoms with Gasteiger partial charge in [-0.3, -0.25) is 0 Å². The van der Waals surface area contributed by atoms with Crippen molar-refractivity contribution < 1.29 is 13.2 Å². The van der Waals surface area contributed by atoms with Gasteiger partial charge < -0.3 is 9.64 Å². The van der Waals surface area contributed by atoms with Gasteiger partial charge >= 0.3 is 0 Å². The first-order valence-corrected chi connectivity index (χ1v) is 7.21. The van der Waals surface area contributed by atoms with Gasteiger partial charge in [0, 0.05) is 18.1 Å². The monoisotopic (exact) mass is 328 g/mol. The summed E-state index contributed by atoms with van der Waals surface area (Å²) in [5.41, 5.74) is 0. The number of hydrogen-bond acceptors (Lipinski definition) is 4. The molecule has 0 bridgehead atoms. The minimum atomic E-state index is -3.61. The molecule has 0 heterocycles. The van der Waals surface area contributed by atoms with Gasteiger partial charge in [-0.05, 0) is 32.3 Å². The van der Waals surface area contributed by atoms with E-state index in [2.05, 4.69) is 4.72 Å². The largest absolute Gasteiger partial charge is 0.495 e. The molecule has 19 heavy (non-hydrogen) atoms. The second-order valence-corrected chi connectivity index (χ2v) is 6.17. The third-order valence-electron chi connectivity index (χ3n) is 2.27. The van der Waals surface area contributed by atoms with Crippen molar-refractivity contribution >= 4 is 34.0 Å². The molecule has 0 amide bonds. The Hall–Kier alpha value is -0.530. The molecule has 0 aromatic heterocycles. The molecule has 0 fully saturated rings. The topological polar surface area (TPSA) is 58.6 Å². The van der Waals surface area contributed by atoms with Crippen LogP contribution in [-0.2, 0) is 10.0 Å². The van der Waals surface area contributed by atoms with Gasteiger partial charge in [-0.2, -0.15) is 0 Å². The standard InChI is InChI=1S/C11H17ClN2O3S.ClH/c1-14(2)7-6-13-18(15,16)11-8-9(12)4-5-10(11)17-3;/h4-5,8,13H,6-7H2,1-3H3;1H. The van der Waals surface area contributed by atoms with Crippen molar-refractivity contribution in [1.29, 1.82) is 0 Å². The molecule has 1 aromatic carbocycles. The minimum Gasteiger partial charge on any atom is -0.495 e. The zero-order chi connectivity index (χ0) is 13.8. The molecule has 0 radical (unpaired) electrons. The van der Waals surface area contributed by atoms with E-state index in [1.807, 2.05) is 19.0 Å². The Kier molecular flexibility index (Phi) is 7.69. The predicted molar refractivity (Wildman–Crippen MR) is 79.0 cm³/mol. The molecule has 0 spiro atoms. The average Bonchev–Trinajstić information content (AvgIpc) is 2.28. The van der Waals surface area contributed by atoms with Gasteiger partial charge in [0.25, 0.3) is 0 Å². The fraction of sp³-hybridized carbons (Fsp3) is 0.455. The van der Waals surface area contributed by atoms with Crippen molar-refractivity contribution in [1.82, 2.24) is 9.62 Å². The fourth-order valence-electron chi connectivity index (χ4n) is 1.34. The van der Waals surface area contributed by atoms with Crippen LogP contribution in [0.25, 0.3) is 0 Å². The Bertz CT molecular complexity index is 507. The van der Waals surface area contributed by atoms with Crippen molar-refractivity contribution in [2.24, 2.45) is 0 Å². The zero-order valence-corrected chi connectivity index (χ0v) is 13.4. The number of nitrogens with zero attached hydrogens (tertiary/aromatic N) is 1. The molecular formula is C11H18Cl2N2O3S. The van der Waals surface area contributed by atoms with E-state index in [0.29, 0.717) is 18.1 Å². The summed E-state index contributed by atoms with van der Waals surface area (Å²) in [4.78, 5) is 1.94. The number of ether oxygens (including phenoxy) is 1. The Morgan fingerprint density at radius 3 is 2.53 bits per heavy atom. The number of rotatable bonds is 6. The second kappa shape index (κ2) is 7.91. The number of benzene rings is 1. The summed E-state index contributed by atoms with van der Waals surface area (Å²) in [6.07, 6.45) is 0. The van der Waals surface area contributed by atoms with Crippen molar-refractivity contribution in [2.45, 2.75) is 4.90 Å². The van der Waals surface area contributed by atoms with Crippen LogP contribution in [0, 0.1) is 0 Å². The summed E-state index contributed by atoms with van der Waals surface area (Å²) in [5, 5.41) is 0.351. The van der Waals surface area contributed by atoms with Gasteiger partial charge in [-0.25, -0.2) is 13.1 Å². The molecule has 0 aliphatic rings. The van der Waals surface area contributed by atoms with E-state index in [1.165, 1.54) is 19.2 Å². The first-order valence-electron chi connectivity index (χ1n) is 5.35. The van der Waals surface area contributed by atoms with Crippen LogP contribution >= 0.6 is 24.0 Å². The molecule has 1 rings (SSSR count). The van der Waals surface area contributed by atoms with Crippen molar-refractivity contribution in [3.05, 3.63) is 23.2 Å². The number of methoxy groups -OCH3 is 1. The maximum absolute atomic E-state index is 12.1. The average molecular weight is 329 g/mol. The van der Waals surface area contributed by atoms with E-state index in [9.17, 15) is 8.42 Å². The normalized spacial score (nSPS) is 11.2. The summed E-state index contributed by atoms with van der Waals surface area (Å²) < 4.78 is 31.7. The van der Waals surface area contributed by atoms with E-state index in [1.54, 1.807) is 6.07 Å². The van der Waals surface area contributed by atoms with Gasteiger partial charge in [-0.15, -0.1) is 12.4 Å². The molecule has 110 valence electrons. The lowest BCUT2D eigenvalue weighted by molar-refractivity contribution is 0.400. The van der Waals surface area contributed by atoms with Crippen LogP contribution < -0.4 is 9.46 Å². The summed E-state index contributed by atoms with van der Waals surface area (Å²) in [6.45, 7) is 0.938. The lowest BCUT2D eigenvalue weighted by Gasteiger charge is -2.13. The lowest BCUT2D eigenvalue weighted by Crippen LogP contribution is -2.31. The van der Waals surface area contributed by atoms with Gasteiger partial charge in [0.05, 0.1) is 7.11 Å². The summed E-state index contributed by atoms with van der Waals surface area (Å²) in [6, 6.07) is 4.49. The van der Waals surface area contributed by atoms with Crippen LogP contribution in [0.3, 0.4) is 0 Å². The highest BCUT2D eigenvalue weighted by atomic mass is 35.5. The number of sulfonamides is 1. The summed E-state index contributed by atoms with van der Waals surface area (Å²) >= 11 is 5.81. The Labute approximate surface area is 125 Å². The Balaban J connectivity index is 0.00000324. The number of halogens is 2. The van der Waals surface area contributed by atoms with E-state index >= 15 is 0 Å². The van der Waals surface area contributed by atoms with Crippen LogP contribution in [0.4, 0.5) is 0 Å². The summed E-state index contributed by atoms with van der Waals surface area (Å²) in [5.74, 6) is 0.275. The highest BCUT2D eigenvalue weighted by Crippen LogP contribution is 2.26. The van der Waals surface area contributed by atoms with E-state index in [0.717, 1.165) is 0 Å². The van der Waals surface area contributed by atoms with E-state index in [4.69, 9.17) is 16.3 Å². The van der Waals surface area contributed by atoms with Crippen molar-refractivity contribution in [3.63, 3.8) is 0 Å². The molecule has 8 heteroatoms. The third-order valence-corrected chi connectivity index (χ3v) is 3.98. The van der Waals surface area contributed by atoms with Crippen molar-refractivity contribution in [3.8, 4) is 5.75 Å². The molecule has 0 unspecified atom stereocenters. The minimum absolute atomic E-state index is 0. The SMILES string of the molecule is COc1ccc(Cl)cc1S(=O)(=O)NCCN(C)C.Cl. The molecule has 0 saturated heterocycles. The maximum atomic E-state index is 12.1. The summed E-state index contributed by atoms with van der Waals surface area (Å²) in [7, 11) is 1.55.